The Kier molecular flexibility index (Phi) is 7.87. The highest BCUT2D eigenvalue weighted by atomic mass is 32.2. The molecule has 0 aliphatic carbocycles. The number of carbonyl (C=O) groups excluding carboxylic acids is 1. The SMILES string of the molecule is CC(C)c1nn(-c2cccc(C(F)(F)F)c2)c2nc(C(=O)NS(C)(=O)=O)cc(-c3ccc(N4CCC(C#N)CC4)nc3)c12. The van der Waals surface area contributed by atoms with Crippen LogP contribution >= 0.6 is 0 Å². The largest absolute Gasteiger partial charge is 0.416 e. The molecule has 1 saturated heterocycles. The van der Waals surface area contributed by atoms with Crippen LogP contribution in [0.1, 0.15) is 54.4 Å². The monoisotopic (exact) mass is 611 g/mol. The third-order valence-corrected chi connectivity index (χ3v) is 7.76. The summed E-state index contributed by atoms with van der Waals surface area (Å²) in [5.74, 6) is -0.470. The second kappa shape index (κ2) is 11.3. The molecule has 1 N–H and O–H groups in total. The summed E-state index contributed by atoms with van der Waals surface area (Å²) in [6, 6.07) is 11.9. The van der Waals surface area contributed by atoms with Crippen LogP contribution in [0.25, 0.3) is 27.8 Å². The Balaban J connectivity index is 1.70. The number of benzene rings is 1. The summed E-state index contributed by atoms with van der Waals surface area (Å²) in [6.45, 7) is 5.11. The Morgan fingerprint density at radius 1 is 1.14 bits per heavy atom. The maximum Gasteiger partial charge on any atom is 0.416 e. The Morgan fingerprint density at radius 3 is 2.44 bits per heavy atom. The van der Waals surface area contributed by atoms with Crippen molar-refractivity contribution in [3.05, 3.63) is 65.6 Å². The van der Waals surface area contributed by atoms with Gasteiger partial charge >= 0.3 is 6.18 Å². The number of alkyl halides is 3. The molecular formula is C29H28F3N7O3S. The first kappa shape index (κ1) is 30.0. The van der Waals surface area contributed by atoms with E-state index < -0.39 is 27.7 Å². The van der Waals surface area contributed by atoms with E-state index in [0.717, 1.165) is 31.2 Å². The summed E-state index contributed by atoms with van der Waals surface area (Å²) in [5.41, 5.74) is 0.563. The van der Waals surface area contributed by atoms with E-state index in [2.05, 4.69) is 26.0 Å². The van der Waals surface area contributed by atoms with Crippen LogP contribution in [0, 0.1) is 17.2 Å². The summed E-state index contributed by atoms with van der Waals surface area (Å²) < 4.78 is 67.6. The van der Waals surface area contributed by atoms with Gasteiger partial charge in [-0.15, -0.1) is 0 Å². The molecule has 4 heterocycles. The normalized spacial score (nSPS) is 14.7. The molecular weight excluding hydrogens is 583 g/mol. The van der Waals surface area contributed by atoms with Gasteiger partial charge in [0.05, 0.1) is 34.7 Å². The second-order valence-electron chi connectivity index (χ2n) is 10.8. The number of nitrogens with one attached hydrogen (secondary N) is 1. The number of carbonyl (C=O) groups is 1. The molecule has 224 valence electrons. The molecule has 1 amide bonds. The number of piperidine rings is 1. The molecule has 0 atom stereocenters. The van der Waals surface area contributed by atoms with E-state index in [4.69, 9.17) is 0 Å². The van der Waals surface area contributed by atoms with Crippen LogP contribution in [0.4, 0.5) is 19.0 Å². The topological polar surface area (TPSA) is 134 Å². The van der Waals surface area contributed by atoms with Crippen molar-refractivity contribution in [3.63, 3.8) is 0 Å². The predicted octanol–water partition coefficient (Wildman–Crippen LogP) is 5.05. The zero-order valence-electron chi connectivity index (χ0n) is 23.6. The number of hydrogen-bond donors (Lipinski definition) is 1. The van der Waals surface area contributed by atoms with E-state index in [-0.39, 0.29) is 28.9 Å². The number of halogens is 3. The van der Waals surface area contributed by atoms with E-state index in [1.54, 1.807) is 12.3 Å². The number of pyridine rings is 2. The quantitative estimate of drug-likeness (QED) is 0.320. The number of rotatable bonds is 6. The van der Waals surface area contributed by atoms with Gasteiger partial charge in [0, 0.05) is 30.8 Å². The maximum absolute atomic E-state index is 13.6. The van der Waals surface area contributed by atoms with Crippen molar-refractivity contribution in [1.29, 1.82) is 5.26 Å². The van der Waals surface area contributed by atoms with Gasteiger partial charge in [0.25, 0.3) is 5.91 Å². The zero-order chi connectivity index (χ0) is 31.1. The fourth-order valence-corrected chi connectivity index (χ4v) is 5.52. The number of aromatic nitrogens is 4. The van der Waals surface area contributed by atoms with E-state index >= 15 is 0 Å². The molecule has 0 radical (unpaired) electrons. The number of nitriles is 1. The molecule has 4 aromatic rings. The molecule has 0 bridgehead atoms. The van der Waals surface area contributed by atoms with Crippen molar-refractivity contribution in [1.82, 2.24) is 24.5 Å². The van der Waals surface area contributed by atoms with Crippen LogP contribution in [0.2, 0.25) is 0 Å². The molecule has 10 nitrogen and oxygen atoms in total. The highest BCUT2D eigenvalue weighted by Gasteiger charge is 2.31. The van der Waals surface area contributed by atoms with Crippen LogP contribution in [-0.4, -0.2) is 53.4 Å². The average molecular weight is 612 g/mol. The number of nitrogens with zero attached hydrogens (tertiary/aromatic N) is 6. The van der Waals surface area contributed by atoms with Crippen LogP contribution in [0.3, 0.4) is 0 Å². The van der Waals surface area contributed by atoms with Gasteiger partial charge in [-0.2, -0.15) is 23.5 Å². The van der Waals surface area contributed by atoms with Crippen molar-refractivity contribution >= 4 is 32.8 Å². The van der Waals surface area contributed by atoms with E-state index in [9.17, 15) is 31.6 Å². The molecule has 1 aliphatic heterocycles. The lowest BCUT2D eigenvalue weighted by Crippen LogP contribution is -2.33. The van der Waals surface area contributed by atoms with E-state index in [1.165, 1.54) is 22.9 Å². The van der Waals surface area contributed by atoms with Crippen molar-refractivity contribution in [3.8, 4) is 22.9 Å². The first-order chi connectivity index (χ1) is 20.2. The van der Waals surface area contributed by atoms with Crippen LogP contribution in [-0.2, 0) is 16.2 Å². The smallest absolute Gasteiger partial charge is 0.357 e. The van der Waals surface area contributed by atoms with Gasteiger partial charge in [0.2, 0.25) is 10.0 Å². The van der Waals surface area contributed by atoms with Gasteiger partial charge in [-0.3, -0.25) is 4.79 Å². The lowest BCUT2D eigenvalue weighted by molar-refractivity contribution is -0.137. The third-order valence-electron chi connectivity index (χ3n) is 7.20. The lowest BCUT2D eigenvalue weighted by Gasteiger charge is -2.30. The highest BCUT2D eigenvalue weighted by molar-refractivity contribution is 7.89. The van der Waals surface area contributed by atoms with Gasteiger partial charge in [-0.05, 0) is 60.7 Å². The first-order valence-corrected chi connectivity index (χ1v) is 15.4. The molecule has 0 saturated carbocycles. The molecule has 1 aromatic carbocycles. The predicted molar refractivity (Wildman–Crippen MR) is 154 cm³/mol. The van der Waals surface area contributed by atoms with Crippen LogP contribution in [0.15, 0.2) is 48.7 Å². The summed E-state index contributed by atoms with van der Waals surface area (Å²) in [5, 5.41) is 14.3. The van der Waals surface area contributed by atoms with E-state index in [0.29, 0.717) is 41.1 Å². The third kappa shape index (κ3) is 6.31. The number of amides is 1. The van der Waals surface area contributed by atoms with E-state index in [1.807, 2.05) is 24.6 Å². The number of anilines is 1. The molecule has 1 fully saturated rings. The molecule has 14 heteroatoms. The number of sulfonamides is 1. The van der Waals surface area contributed by atoms with Crippen LogP contribution in [0.5, 0.6) is 0 Å². The summed E-state index contributed by atoms with van der Waals surface area (Å²) in [7, 11) is -3.94. The highest BCUT2D eigenvalue weighted by Crippen LogP contribution is 2.37. The Hall–Kier alpha value is -4.51. The fourth-order valence-electron chi connectivity index (χ4n) is 5.08. The van der Waals surface area contributed by atoms with Crippen molar-refractivity contribution < 1.29 is 26.4 Å². The minimum Gasteiger partial charge on any atom is -0.357 e. The Labute approximate surface area is 246 Å². The first-order valence-electron chi connectivity index (χ1n) is 13.5. The number of fused-ring (bicyclic) bond motifs is 1. The van der Waals surface area contributed by atoms with Gasteiger partial charge in [0.1, 0.15) is 11.5 Å². The van der Waals surface area contributed by atoms with Crippen molar-refractivity contribution in [2.24, 2.45) is 5.92 Å². The van der Waals surface area contributed by atoms with Crippen molar-refractivity contribution in [2.45, 2.75) is 38.8 Å². The summed E-state index contributed by atoms with van der Waals surface area (Å²) in [4.78, 5) is 24.1. The average Bonchev–Trinajstić information content (AvgIpc) is 3.36. The Morgan fingerprint density at radius 2 is 1.86 bits per heavy atom. The molecule has 0 unspecified atom stereocenters. The molecule has 5 rings (SSSR count). The second-order valence-corrected chi connectivity index (χ2v) is 12.5. The fraction of sp³-hybridized carbons (Fsp3) is 0.345. The minimum atomic E-state index is -4.60. The Bertz CT molecular complexity index is 1840. The van der Waals surface area contributed by atoms with Crippen LogP contribution < -0.4 is 9.62 Å². The van der Waals surface area contributed by atoms with Gasteiger partial charge in [-0.25, -0.2) is 27.8 Å². The van der Waals surface area contributed by atoms with Crippen molar-refractivity contribution in [2.75, 3.05) is 24.2 Å². The molecule has 43 heavy (non-hydrogen) atoms. The maximum atomic E-state index is 13.6. The number of hydrogen-bond acceptors (Lipinski definition) is 8. The van der Waals surface area contributed by atoms with Gasteiger partial charge in [-0.1, -0.05) is 19.9 Å². The standard InChI is InChI=1S/C29H28F3N7O3S/c1-17(2)26-25-22(19-7-8-24(34-16-19)38-11-9-18(15-33)10-12-38)14-23(28(40)37-43(3,41)42)35-27(25)39(36-26)21-6-4-5-20(13-21)29(30,31)32/h4-8,13-14,16-18H,9-12H2,1-3H3,(H,37,40). The van der Waals surface area contributed by atoms with Gasteiger partial charge in [0.15, 0.2) is 5.65 Å². The van der Waals surface area contributed by atoms with Gasteiger partial charge < -0.3 is 4.90 Å². The summed E-state index contributed by atoms with van der Waals surface area (Å²) >= 11 is 0. The molecule has 0 spiro atoms. The lowest BCUT2D eigenvalue weighted by atomic mass is 9.97. The molecule has 1 aliphatic rings. The zero-order valence-corrected chi connectivity index (χ0v) is 24.4. The summed E-state index contributed by atoms with van der Waals surface area (Å²) in [6.07, 6.45) is -0.691. The minimum absolute atomic E-state index is 0.0138. The molecule has 3 aromatic heterocycles.